The van der Waals surface area contributed by atoms with Crippen LogP contribution in [0.2, 0.25) is 0 Å². The molecule has 0 amide bonds. The second kappa shape index (κ2) is 6.48. The molecule has 0 saturated carbocycles. The summed E-state index contributed by atoms with van der Waals surface area (Å²) in [5.41, 5.74) is 4.35. The second-order valence-electron chi connectivity index (χ2n) is 6.06. The smallest absolute Gasteiger partial charge is 0.351 e. The molecule has 0 aliphatic carbocycles. The summed E-state index contributed by atoms with van der Waals surface area (Å²) in [4.78, 5) is 15.2. The molecule has 0 radical (unpaired) electrons. The molecule has 1 aliphatic rings. The average molecular weight is 345 g/mol. The number of aromatic nitrogens is 2. The first-order chi connectivity index (χ1) is 11.1. The highest BCUT2D eigenvalue weighted by atomic mass is 19.3. The van der Waals surface area contributed by atoms with Crippen molar-refractivity contribution in [1.82, 2.24) is 9.55 Å². The lowest BCUT2D eigenvalue weighted by atomic mass is 10.1. The molecule has 1 aromatic heterocycles. The number of halogens is 2. The van der Waals surface area contributed by atoms with E-state index in [2.05, 4.69) is 11.6 Å². The van der Waals surface area contributed by atoms with Gasteiger partial charge < -0.3 is 20.3 Å². The molecule has 24 heavy (non-hydrogen) atoms. The van der Waals surface area contributed by atoms with Crippen LogP contribution in [0.25, 0.3) is 0 Å². The topological polar surface area (TPSA) is 99.6 Å². The zero-order valence-electron chi connectivity index (χ0n) is 13.6. The van der Waals surface area contributed by atoms with E-state index in [0.717, 1.165) is 6.20 Å². The van der Waals surface area contributed by atoms with E-state index in [9.17, 15) is 18.7 Å². The van der Waals surface area contributed by atoms with Crippen molar-refractivity contribution < 1.29 is 23.4 Å². The van der Waals surface area contributed by atoms with Gasteiger partial charge in [-0.15, -0.1) is 0 Å². The maximum atomic E-state index is 14.4. The van der Waals surface area contributed by atoms with Crippen molar-refractivity contribution in [2.24, 2.45) is 5.92 Å². The Kier molecular flexibility index (Phi) is 4.95. The van der Waals surface area contributed by atoms with Crippen molar-refractivity contribution in [2.45, 2.75) is 51.2 Å². The monoisotopic (exact) mass is 345 g/mol. The minimum Gasteiger partial charge on any atom is -0.493 e. The van der Waals surface area contributed by atoms with E-state index >= 15 is 0 Å². The first-order valence-electron chi connectivity index (χ1n) is 7.47. The lowest BCUT2D eigenvalue weighted by molar-refractivity contribution is -0.141. The van der Waals surface area contributed by atoms with Gasteiger partial charge in [0.1, 0.15) is 18.0 Å². The molecule has 1 aliphatic heterocycles. The van der Waals surface area contributed by atoms with Crippen LogP contribution in [0.4, 0.5) is 14.6 Å². The molecule has 4 atom stereocenters. The number of nitrogen functional groups attached to an aromatic ring is 1. The molecule has 0 bridgehead atoms. The number of aliphatic hydroxyl groups excluding tert-OH is 1. The van der Waals surface area contributed by atoms with E-state index in [1.54, 1.807) is 0 Å². The Balaban J connectivity index is 2.27. The first-order valence-corrected chi connectivity index (χ1v) is 7.47. The van der Waals surface area contributed by atoms with Gasteiger partial charge in [-0.3, -0.25) is 4.57 Å². The third kappa shape index (κ3) is 3.27. The second-order valence-corrected chi connectivity index (χ2v) is 6.06. The van der Waals surface area contributed by atoms with Gasteiger partial charge in [-0.1, -0.05) is 20.4 Å². The summed E-state index contributed by atoms with van der Waals surface area (Å²) in [7, 11) is 0. The highest BCUT2D eigenvalue weighted by Crippen LogP contribution is 2.43. The minimum atomic E-state index is -3.71. The molecule has 134 valence electrons. The number of hydrogen-bond acceptors (Lipinski definition) is 6. The Morgan fingerprint density at radius 1 is 1.54 bits per heavy atom. The predicted octanol–water partition coefficient (Wildman–Crippen LogP) is 1.29. The van der Waals surface area contributed by atoms with Crippen LogP contribution in [0.5, 0.6) is 0 Å². The van der Waals surface area contributed by atoms with Crippen LogP contribution >= 0.6 is 0 Å². The van der Waals surface area contributed by atoms with Crippen molar-refractivity contribution in [2.75, 3.05) is 5.73 Å². The van der Waals surface area contributed by atoms with Crippen molar-refractivity contribution in [3.63, 3.8) is 0 Å². The highest BCUT2D eigenvalue weighted by Gasteiger charge is 2.61. The quantitative estimate of drug-likeness (QED) is 0.780. The number of anilines is 1. The third-order valence-electron chi connectivity index (χ3n) is 3.87. The van der Waals surface area contributed by atoms with E-state index in [1.165, 1.54) is 13.0 Å². The van der Waals surface area contributed by atoms with Gasteiger partial charge in [0.25, 0.3) is 0 Å². The Hall–Kier alpha value is -2.00. The largest absolute Gasteiger partial charge is 0.493 e. The molecule has 2 rings (SSSR count). The van der Waals surface area contributed by atoms with Crippen LogP contribution in [-0.2, 0) is 9.47 Å². The molecule has 0 aromatic carbocycles. The maximum Gasteiger partial charge on any atom is 0.351 e. The summed E-state index contributed by atoms with van der Waals surface area (Å²) < 4.78 is 40.1. The lowest BCUT2D eigenvalue weighted by Crippen LogP contribution is -2.43. The molecular weight excluding hydrogens is 324 g/mol. The standard InChI is InChI=1S/C15H21F2N3O4/c1-7(2)8(3)23-9(4)11-12(21)15(16,17)13(24-11)20-6-5-10(18)19-14(20)22/h5-7,9,11-13,21H,3H2,1-2,4H3,(H2,18,19,22)/t9-,11+,12+,13+/m0/s1. The van der Waals surface area contributed by atoms with Gasteiger partial charge >= 0.3 is 11.6 Å². The molecule has 3 N–H and O–H groups in total. The van der Waals surface area contributed by atoms with E-state index < -0.39 is 36.2 Å². The van der Waals surface area contributed by atoms with Crippen LogP contribution < -0.4 is 11.4 Å². The predicted molar refractivity (Wildman–Crippen MR) is 82.3 cm³/mol. The van der Waals surface area contributed by atoms with Gasteiger partial charge in [0.15, 0.2) is 6.10 Å². The summed E-state index contributed by atoms with van der Waals surface area (Å²) in [6.45, 7) is 8.85. The van der Waals surface area contributed by atoms with Gasteiger partial charge in [0.2, 0.25) is 6.23 Å². The van der Waals surface area contributed by atoms with E-state index in [4.69, 9.17) is 15.2 Å². The molecule has 7 nitrogen and oxygen atoms in total. The minimum absolute atomic E-state index is 0.0220. The summed E-state index contributed by atoms with van der Waals surface area (Å²) in [5.74, 6) is -3.44. The van der Waals surface area contributed by atoms with Crippen LogP contribution in [0.1, 0.15) is 27.0 Å². The number of nitrogens with zero attached hydrogens (tertiary/aromatic N) is 2. The van der Waals surface area contributed by atoms with Crippen LogP contribution in [0, 0.1) is 5.92 Å². The van der Waals surface area contributed by atoms with Crippen molar-refractivity contribution in [1.29, 1.82) is 0 Å². The number of alkyl halides is 2. The Labute approximate surface area is 137 Å². The molecular formula is C15H21F2N3O4. The number of hydrogen-bond donors (Lipinski definition) is 2. The van der Waals surface area contributed by atoms with Crippen molar-refractivity contribution in [3.05, 3.63) is 35.1 Å². The number of aliphatic hydroxyl groups is 1. The Morgan fingerprint density at radius 2 is 2.17 bits per heavy atom. The molecule has 0 unspecified atom stereocenters. The van der Waals surface area contributed by atoms with Crippen LogP contribution in [0.15, 0.2) is 29.4 Å². The zero-order chi connectivity index (χ0) is 18.2. The van der Waals surface area contributed by atoms with Gasteiger partial charge in [0.05, 0.1) is 5.76 Å². The Bertz CT molecular complexity index is 677. The first kappa shape index (κ1) is 18.3. The number of nitrogens with two attached hydrogens (primary N) is 1. The fourth-order valence-electron chi connectivity index (χ4n) is 2.34. The van der Waals surface area contributed by atoms with Crippen LogP contribution in [-0.4, -0.2) is 38.9 Å². The number of ether oxygens (including phenoxy) is 2. The summed E-state index contributed by atoms with van der Waals surface area (Å²) in [5, 5.41) is 9.97. The third-order valence-corrected chi connectivity index (χ3v) is 3.87. The van der Waals surface area contributed by atoms with E-state index in [1.807, 2.05) is 13.8 Å². The van der Waals surface area contributed by atoms with Crippen molar-refractivity contribution >= 4 is 5.82 Å². The molecule has 1 fully saturated rings. The number of allylic oxidation sites excluding steroid dienone is 1. The fourth-order valence-corrected chi connectivity index (χ4v) is 2.34. The summed E-state index contributed by atoms with van der Waals surface area (Å²) >= 11 is 0. The van der Waals surface area contributed by atoms with Gasteiger partial charge in [-0.05, 0) is 13.0 Å². The average Bonchev–Trinajstić information content (AvgIpc) is 2.70. The normalized spacial score (nSPS) is 27.2. The fraction of sp³-hybridized carbons (Fsp3) is 0.600. The SMILES string of the molecule is C=C(O[C@@H](C)[C@H]1O[C@@H](n2ccc(N)nc2=O)C(F)(F)[C@@H]1O)C(C)C. The van der Waals surface area contributed by atoms with Crippen LogP contribution in [0.3, 0.4) is 0 Å². The van der Waals surface area contributed by atoms with Gasteiger partial charge in [-0.25, -0.2) is 4.79 Å². The van der Waals surface area contributed by atoms with Crippen molar-refractivity contribution in [3.8, 4) is 0 Å². The summed E-state index contributed by atoms with van der Waals surface area (Å²) in [6, 6.07) is 1.20. The highest BCUT2D eigenvalue weighted by molar-refractivity contribution is 5.23. The molecule has 1 saturated heterocycles. The van der Waals surface area contributed by atoms with Gasteiger partial charge in [0, 0.05) is 12.1 Å². The van der Waals surface area contributed by atoms with E-state index in [0.29, 0.717) is 10.3 Å². The summed E-state index contributed by atoms with van der Waals surface area (Å²) in [6.07, 6.45) is -5.33. The Morgan fingerprint density at radius 3 is 2.71 bits per heavy atom. The molecule has 9 heteroatoms. The molecule has 1 aromatic rings. The maximum absolute atomic E-state index is 14.4. The van der Waals surface area contributed by atoms with E-state index in [-0.39, 0.29) is 11.7 Å². The molecule has 0 spiro atoms. The van der Waals surface area contributed by atoms with Gasteiger partial charge in [-0.2, -0.15) is 13.8 Å². The zero-order valence-corrected chi connectivity index (χ0v) is 13.6. The lowest BCUT2D eigenvalue weighted by Gasteiger charge is -2.25. The molecule has 2 heterocycles. The number of rotatable bonds is 5.